The van der Waals surface area contributed by atoms with Crippen LogP contribution in [0.1, 0.15) is 11.4 Å². The first-order valence-electron chi connectivity index (χ1n) is 5.62. The molecule has 0 spiro atoms. The molecule has 0 amide bonds. The average molecular weight is 231 g/mol. The minimum absolute atomic E-state index is 0.606. The van der Waals surface area contributed by atoms with E-state index in [1.165, 1.54) is 0 Å². The molecular weight excluding hydrogens is 214 g/mol. The van der Waals surface area contributed by atoms with Crippen LogP contribution >= 0.6 is 0 Å². The number of imidazole rings is 1. The fourth-order valence-corrected chi connectivity index (χ4v) is 1.66. The molecule has 90 valence electrons. The normalized spacial score (nSPS) is 10.5. The van der Waals surface area contributed by atoms with Crippen molar-refractivity contribution < 1.29 is 4.74 Å². The monoisotopic (exact) mass is 231 g/mol. The van der Waals surface area contributed by atoms with E-state index in [1.54, 1.807) is 6.20 Å². The molecule has 0 radical (unpaired) electrons. The molecule has 0 aliphatic rings. The Morgan fingerprint density at radius 2 is 2.24 bits per heavy atom. The predicted molar refractivity (Wildman–Crippen MR) is 68.0 cm³/mol. The van der Waals surface area contributed by atoms with E-state index in [-0.39, 0.29) is 0 Å². The Balaban J connectivity index is 1.94. The summed E-state index contributed by atoms with van der Waals surface area (Å²) in [6.45, 7) is 2.62. The van der Waals surface area contributed by atoms with Gasteiger partial charge in [-0.3, -0.25) is 0 Å². The van der Waals surface area contributed by atoms with Crippen LogP contribution in [0.3, 0.4) is 0 Å². The van der Waals surface area contributed by atoms with Crippen LogP contribution in [0.15, 0.2) is 30.6 Å². The number of nitrogens with two attached hydrogens (primary N) is 1. The van der Waals surface area contributed by atoms with Crippen molar-refractivity contribution >= 4 is 5.69 Å². The first-order chi connectivity index (χ1) is 8.16. The molecule has 4 heteroatoms. The van der Waals surface area contributed by atoms with Crippen molar-refractivity contribution in [3.8, 4) is 5.75 Å². The van der Waals surface area contributed by atoms with Gasteiger partial charge in [0.1, 0.15) is 11.6 Å². The van der Waals surface area contributed by atoms with Gasteiger partial charge in [0.2, 0.25) is 0 Å². The van der Waals surface area contributed by atoms with Crippen LogP contribution in [0.25, 0.3) is 0 Å². The summed E-state index contributed by atoms with van der Waals surface area (Å²) >= 11 is 0. The molecule has 0 aliphatic heterocycles. The van der Waals surface area contributed by atoms with Gasteiger partial charge in [0.15, 0.2) is 0 Å². The molecule has 0 fully saturated rings. The van der Waals surface area contributed by atoms with E-state index in [2.05, 4.69) is 4.98 Å². The van der Waals surface area contributed by atoms with Crippen molar-refractivity contribution in [1.82, 2.24) is 9.55 Å². The standard InChI is InChI=1S/C13H17N3O/c1-10-3-4-11(14)9-12(10)17-8-5-13-15-6-7-16(13)2/h3-4,6-7,9H,5,8,14H2,1-2H3. The van der Waals surface area contributed by atoms with Gasteiger partial charge in [-0.25, -0.2) is 4.98 Å². The van der Waals surface area contributed by atoms with Crippen LogP contribution in [0.4, 0.5) is 5.69 Å². The largest absolute Gasteiger partial charge is 0.493 e. The Kier molecular flexibility index (Phi) is 3.32. The topological polar surface area (TPSA) is 53.1 Å². The quantitative estimate of drug-likeness (QED) is 0.818. The highest BCUT2D eigenvalue weighted by molar-refractivity contribution is 5.47. The zero-order valence-electron chi connectivity index (χ0n) is 10.2. The van der Waals surface area contributed by atoms with E-state index in [4.69, 9.17) is 10.5 Å². The number of ether oxygens (including phenoxy) is 1. The molecule has 17 heavy (non-hydrogen) atoms. The maximum absolute atomic E-state index is 5.72. The number of rotatable bonds is 4. The van der Waals surface area contributed by atoms with E-state index >= 15 is 0 Å². The van der Waals surface area contributed by atoms with E-state index < -0.39 is 0 Å². The Hall–Kier alpha value is -1.97. The highest BCUT2D eigenvalue weighted by Gasteiger charge is 2.02. The molecule has 0 aliphatic carbocycles. The fourth-order valence-electron chi connectivity index (χ4n) is 1.66. The molecule has 0 unspecified atom stereocenters. The predicted octanol–water partition coefficient (Wildman–Crippen LogP) is 1.93. The van der Waals surface area contributed by atoms with Gasteiger partial charge in [0.05, 0.1) is 6.61 Å². The molecule has 1 aromatic carbocycles. The van der Waals surface area contributed by atoms with Crippen molar-refractivity contribution in [2.75, 3.05) is 12.3 Å². The van der Waals surface area contributed by atoms with E-state index in [9.17, 15) is 0 Å². The molecule has 0 saturated heterocycles. The number of aromatic nitrogens is 2. The molecule has 1 aromatic heterocycles. The lowest BCUT2D eigenvalue weighted by atomic mass is 10.2. The van der Waals surface area contributed by atoms with Gasteiger partial charge < -0.3 is 15.0 Å². The number of hydrogen-bond acceptors (Lipinski definition) is 3. The maximum Gasteiger partial charge on any atom is 0.124 e. The van der Waals surface area contributed by atoms with Crippen LogP contribution in [0.2, 0.25) is 0 Å². The van der Waals surface area contributed by atoms with Gasteiger partial charge in [-0.1, -0.05) is 6.07 Å². The van der Waals surface area contributed by atoms with Crippen LogP contribution < -0.4 is 10.5 Å². The summed E-state index contributed by atoms with van der Waals surface area (Å²) in [4.78, 5) is 4.25. The molecule has 2 N–H and O–H groups in total. The first kappa shape index (κ1) is 11.5. The number of hydrogen-bond donors (Lipinski definition) is 1. The van der Waals surface area contributed by atoms with Gasteiger partial charge in [-0.05, 0) is 18.6 Å². The lowest BCUT2D eigenvalue weighted by Crippen LogP contribution is -2.07. The van der Waals surface area contributed by atoms with Crippen LogP contribution in [0, 0.1) is 6.92 Å². The lowest BCUT2D eigenvalue weighted by molar-refractivity contribution is 0.315. The number of aryl methyl sites for hydroxylation is 2. The Labute approximate surface area is 101 Å². The lowest BCUT2D eigenvalue weighted by Gasteiger charge is -2.09. The van der Waals surface area contributed by atoms with Gasteiger partial charge in [-0.15, -0.1) is 0 Å². The number of nitrogen functional groups attached to an aromatic ring is 1. The number of anilines is 1. The minimum Gasteiger partial charge on any atom is -0.493 e. The average Bonchev–Trinajstić information content (AvgIpc) is 2.70. The summed E-state index contributed by atoms with van der Waals surface area (Å²) < 4.78 is 7.71. The smallest absolute Gasteiger partial charge is 0.124 e. The summed E-state index contributed by atoms with van der Waals surface area (Å²) in [6, 6.07) is 5.69. The Morgan fingerprint density at radius 3 is 2.94 bits per heavy atom. The van der Waals surface area contributed by atoms with E-state index in [1.807, 2.05) is 42.9 Å². The van der Waals surface area contributed by atoms with Crippen LogP contribution in [-0.4, -0.2) is 16.2 Å². The fraction of sp³-hybridized carbons (Fsp3) is 0.308. The molecule has 2 rings (SSSR count). The molecule has 1 heterocycles. The Morgan fingerprint density at radius 1 is 1.41 bits per heavy atom. The van der Waals surface area contributed by atoms with Crippen molar-refractivity contribution in [3.05, 3.63) is 42.0 Å². The molecule has 2 aromatic rings. The van der Waals surface area contributed by atoms with Crippen LogP contribution in [0.5, 0.6) is 5.75 Å². The summed E-state index contributed by atoms with van der Waals surface area (Å²) in [5.41, 5.74) is 7.54. The van der Waals surface area contributed by atoms with Gasteiger partial charge in [-0.2, -0.15) is 0 Å². The highest BCUT2D eigenvalue weighted by Crippen LogP contribution is 2.20. The summed E-state index contributed by atoms with van der Waals surface area (Å²) in [6.07, 6.45) is 4.51. The number of nitrogens with zero attached hydrogens (tertiary/aromatic N) is 2. The highest BCUT2D eigenvalue weighted by atomic mass is 16.5. The second kappa shape index (κ2) is 4.91. The second-order valence-electron chi connectivity index (χ2n) is 4.08. The Bertz CT molecular complexity index is 505. The molecular formula is C13H17N3O. The zero-order valence-corrected chi connectivity index (χ0v) is 10.2. The first-order valence-corrected chi connectivity index (χ1v) is 5.62. The molecule has 0 saturated carbocycles. The summed E-state index contributed by atoms with van der Waals surface area (Å²) in [7, 11) is 1.98. The second-order valence-corrected chi connectivity index (χ2v) is 4.08. The SMILES string of the molecule is Cc1ccc(N)cc1OCCc1nccn1C. The van der Waals surface area contributed by atoms with Gasteiger partial charge >= 0.3 is 0 Å². The molecule has 0 bridgehead atoms. The maximum atomic E-state index is 5.72. The van der Waals surface area contributed by atoms with E-state index in [0.717, 1.165) is 29.2 Å². The number of benzene rings is 1. The van der Waals surface area contributed by atoms with Crippen molar-refractivity contribution in [3.63, 3.8) is 0 Å². The van der Waals surface area contributed by atoms with Crippen molar-refractivity contribution in [2.24, 2.45) is 7.05 Å². The third-order valence-electron chi connectivity index (χ3n) is 2.72. The van der Waals surface area contributed by atoms with Gasteiger partial charge in [0, 0.05) is 37.6 Å². The van der Waals surface area contributed by atoms with Crippen LogP contribution in [-0.2, 0) is 13.5 Å². The van der Waals surface area contributed by atoms with Gasteiger partial charge in [0.25, 0.3) is 0 Å². The third-order valence-corrected chi connectivity index (χ3v) is 2.72. The minimum atomic E-state index is 0.606. The van der Waals surface area contributed by atoms with Crippen molar-refractivity contribution in [1.29, 1.82) is 0 Å². The summed E-state index contributed by atoms with van der Waals surface area (Å²) in [5.74, 6) is 1.87. The molecule has 0 atom stereocenters. The van der Waals surface area contributed by atoms with Crippen molar-refractivity contribution in [2.45, 2.75) is 13.3 Å². The van der Waals surface area contributed by atoms with E-state index in [0.29, 0.717) is 6.61 Å². The zero-order chi connectivity index (χ0) is 12.3. The summed E-state index contributed by atoms with van der Waals surface area (Å²) in [5, 5.41) is 0. The molecule has 4 nitrogen and oxygen atoms in total. The third kappa shape index (κ3) is 2.78.